The molecule has 4 aliphatic heterocycles. The van der Waals surface area contributed by atoms with Crippen LogP contribution in [0.5, 0.6) is 0 Å². The zero-order valence-electron chi connectivity index (χ0n) is 54.5. The number of carboxylic acid groups (broad SMARTS) is 2. The number of aliphatic imine (C=N–C) groups is 2. The molecule has 2 saturated carbocycles. The number of carbonyl (C=O) groups is 11. The van der Waals surface area contributed by atoms with Gasteiger partial charge in [-0.3, -0.25) is 53.1 Å². The van der Waals surface area contributed by atoms with Gasteiger partial charge in [0.1, 0.15) is 54.4 Å². The minimum atomic E-state index is -1.89. The lowest BCUT2D eigenvalue weighted by Gasteiger charge is -2.42. The van der Waals surface area contributed by atoms with Gasteiger partial charge in [-0.05, 0) is 118 Å². The van der Waals surface area contributed by atoms with Gasteiger partial charge >= 0.3 is 11.9 Å². The van der Waals surface area contributed by atoms with Gasteiger partial charge in [0.05, 0.1) is 25.7 Å². The molecule has 6 aliphatic rings. The molecular weight excluding hydrogens is 1260 g/mol. The van der Waals surface area contributed by atoms with E-state index in [1.807, 2.05) is 0 Å². The molecule has 0 bridgehead atoms. The number of nitrogens with two attached hydrogens (primary N) is 6. The third-order valence-electron chi connectivity index (χ3n) is 19.7. The molecule has 9 amide bonds. The number of fused-ring (bicyclic) bond motifs is 4. The summed E-state index contributed by atoms with van der Waals surface area (Å²) in [7, 11) is 0. The summed E-state index contributed by atoms with van der Waals surface area (Å²) in [6.07, 6.45) is 5.64. The second kappa shape index (κ2) is 34.3. The molecule has 0 spiro atoms. The zero-order valence-corrected chi connectivity index (χ0v) is 54.5. The van der Waals surface area contributed by atoms with Crippen LogP contribution >= 0.6 is 0 Å². The van der Waals surface area contributed by atoms with Crippen molar-refractivity contribution in [1.29, 1.82) is 0 Å². The van der Waals surface area contributed by atoms with Crippen molar-refractivity contribution in [2.24, 2.45) is 56.2 Å². The zero-order chi connectivity index (χ0) is 70.2. The Labute approximate surface area is 561 Å². The standard InChI is InChI=1S/C65H95N17O15/c66-23-9-18-41(67)54(86)77-44(55(87)78-46(34-84)59(91)80-32-40-17-4-2-13-36(40)27-52(80)61(93)82-48-22-8-6-15-38(48)29-50(82)57(89)76-43(63(96)97)20-11-25-73-65(70)71)30-53(85)74-45(33-83)58(90)79-31-39-16-3-1-12-35(39)26-51(79)60(92)81-47-21-7-5-14-37(47)28-49(81)56(88)75-42(62(94)95)19-10-24-72-64(68)69/h1-4,12-13,16-17,37-38,41-52,83-84H,5-11,14-15,18-34,66-67H2,(H,74,85)(H,75,88)(H,76,89)(H,77,86)(H,78,87)(H,94,95)(H,96,97)(H4,68,69,72)(H4,70,71,73)/t37?,38?,41-,42-,43-,44+,45-,46-,47?,48?,49-,50-,51+,52+/m0/s1. The van der Waals surface area contributed by atoms with Crippen molar-refractivity contribution in [1.82, 2.24) is 46.2 Å². The van der Waals surface area contributed by atoms with Crippen molar-refractivity contribution in [2.75, 3.05) is 32.8 Å². The number of carbonyl (C=O) groups excluding carboxylic acids is 9. The first-order valence-corrected chi connectivity index (χ1v) is 33.6. The van der Waals surface area contributed by atoms with Crippen molar-refractivity contribution >= 4 is 77.0 Å². The van der Waals surface area contributed by atoms with Gasteiger partial charge in [0, 0.05) is 51.1 Å². The first-order valence-electron chi connectivity index (χ1n) is 33.6. The lowest BCUT2D eigenvalue weighted by Crippen LogP contribution is -2.63. The van der Waals surface area contributed by atoms with Crippen LogP contribution < -0.4 is 61.0 Å². The first kappa shape index (κ1) is 73.8. The number of rotatable bonds is 30. The number of carboxylic acids is 2. The second-order valence-corrected chi connectivity index (χ2v) is 26.2. The molecule has 14 atom stereocenters. The average molecular weight is 1350 g/mol. The normalized spacial score (nSPS) is 23.5. The van der Waals surface area contributed by atoms with Crippen molar-refractivity contribution < 1.29 is 73.2 Å². The molecule has 8 rings (SSSR count). The van der Waals surface area contributed by atoms with Gasteiger partial charge in [0.15, 0.2) is 11.9 Å². The van der Waals surface area contributed by atoms with Crippen LogP contribution in [0, 0.1) is 11.8 Å². The highest BCUT2D eigenvalue weighted by molar-refractivity contribution is 6.00. The fourth-order valence-electron chi connectivity index (χ4n) is 14.8. The van der Waals surface area contributed by atoms with Gasteiger partial charge in [-0.15, -0.1) is 0 Å². The summed E-state index contributed by atoms with van der Waals surface area (Å²) >= 11 is 0. The number of hydrogen-bond acceptors (Lipinski definition) is 17. The molecule has 4 unspecified atom stereocenters. The number of amides is 9. The Morgan fingerprint density at radius 2 is 0.918 bits per heavy atom. The first-order chi connectivity index (χ1) is 46.4. The molecule has 32 nitrogen and oxygen atoms in total. The van der Waals surface area contributed by atoms with Crippen LogP contribution in [0.1, 0.15) is 131 Å². The number of nitrogens with zero attached hydrogens (tertiary/aromatic N) is 6. The van der Waals surface area contributed by atoms with E-state index in [1.54, 1.807) is 48.5 Å². The Bertz CT molecular complexity index is 3270. The van der Waals surface area contributed by atoms with Crippen LogP contribution in [0.15, 0.2) is 58.5 Å². The van der Waals surface area contributed by atoms with Crippen LogP contribution in [-0.2, 0) is 78.7 Å². The second-order valence-electron chi connectivity index (χ2n) is 26.2. The van der Waals surface area contributed by atoms with E-state index in [0.717, 1.165) is 25.7 Å². The predicted octanol–water partition coefficient (Wildman–Crippen LogP) is -3.65. The summed E-state index contributed by atoms with van der Waals surface area (Å²) in [6, 6.07) is -1.21. The Morgan fingerprint density at radius 3 is 1.33 bits per heavy atom. The van der Waals surface area contributed by atoms with Crippen LogP contribution in [0.25, 0.3) is 0 Å². The summed E-state index contributed by atoms with van der Waals surface area (Å²) in [6.45, 7) is -2.14. The number of aliphatic hydroxyl groups is 2. The van der Waals surface area contributed by atoms with E-state index in [0.29, 0.717) is 47.9 Å². The molecule has 530 valence electrons. The Kier molecular flexibility index (Phi) is 26.1. The van der Waals surface area contributed by atoms with E-state index < -0.39 is 157 Å². The number of guanidine groups is 2. The van der Waals surface area contributed by atoms with Crippen LogP contribution in [0.4, 0.5) is 0 Å². The fraction of sp³-hybridized carbons (Fsp3) is 0.615. The third kappa shape index (κ3) is 18.4. The molecule has 21 N–H and O–H groups in total. The summed E-state index contributed by atoms with van der Waals surface area (Å²) in [5, 5.41) is 55.0. The van der Waals surface area contributed by atoms with Crippen molar-refractivity contribution in [3.05, 3.63) is 70.8 Å². The number of aliphatic carboxylic acids is 2. The molecule has 0 radical (unpaired) electrons. The van der Waals surface area contributed by atoms with Crippen molar-refractivity contribution in [2.45, 2.75) is 208 Å². The Morgan fingerprint density at radius 1 is 0.505 bits per heavy atom. The Balaban J connectivity index is 1.02. The summed E-state index contributed by atoms with van der Waals surface area (Å²) in [5.74, 6) is -10.9. The predicted molar refractivity (Wildman–Crippen MR) is 351 cm³/mol. The molecule has 97 heavy (non-hydrogen) atoms. The number of nitrogens with one attached hydrogen (secondary N) is 5. The van der Waals surface area contributed by atoms with E-state index in [4.69, 9.17) is 34.4 Å². The van der Waals surface area contributed by atoms with Gasteiger partial charge < -0.3 is 101 Å². The number of aliphatic hydroxyl groups excluding tert-OH is 2. The Hall–Kier alpha value is -9.01. The molecule has 4 fully saturated rings. The molecule has 0 aromatic heterocycles. The summed E-state index contributed by atoms with van der Waals surface area (Å²) < 4.78 is 0. The third-order valence-corrected chi connectivity index (χ3v) is 19.7. The quantitative estimate of drug-likeness (QED) is 0.0204. The highest BCUT2D eigenvalue weighted by atomic mass is 16.4. The van der Waals surface area contributed by atoms with Gasteiger partial charge in [-0.25, -0.2) is 9.59 Å². The van der Waals surface area contributed by atoms with E-state index in [9.17, 15) is 54.0 Å². The SMILES string of the molecule is NCCC[C@H](N)C(=O)N[C@H](CC(=O)N[C@@H](CO)C(=O)N1Cc2ccccc2C[C@@H]1C(=O)N1C2CCCCC2C[C@H]1C(=O)N[C@@H](CCCN=C(N)N)C(=O)O)C(=O)N[C@@H](CO)C(=O)N1Cc2ccccc2C[C@@H]1C(=O)N1C2CCCCC2C[C@H]1C(=O)N[C@@H](CCCN=C(N)N)C(=O)O. The van der Waals surface area contributed by atoms with Crippen molar-refractivity contribution in [3.63, 3.8) is 0 Å². The molecule has 2 aliphatic carbocycles. The molecule has 2 aromatic carbocycles. The topological polar surface area (TPSA) is 523 Å². The average Bonchev–Trinajstić information content (AvgIpc) is 1.72. The maximum absolute atomic E-state index is 15.5. The number of hydrogen-bond donors (Lipinski definition) is 15. The maximum atomic E-state index is 15.5. The van der Waals surface area contributed by atoms with Crippen LogP contribution in [0.2, 0.25) is 0 Å². The van der Waals surface area contributed by atoms with Gasteiger partial charge in [0.25, 0.3) is 0 Å². The van der Waals surface area contributed by atoms with Crippen molar-refractivity contribution in [3.8, 4) is 0 Å². The highest BCUT2D eigenvalue weighted by Crippen LogP contribution is 2.43. The number of likely N-dealkylation sites (tertiary alicyclic amines) is 2. The van der Waals surface area contributed by atoms with E-state index in [2.05, 4.69) is 36.6 Å². The molecular formula is C65H95N17O15. The smallest absolute Gasteiger partial charge is 0.326 e. The van der Waals surface area contributed by atoms with Gasteiger partial charge in [0.2, 0.25) is 53.2 Å². The fourth-order valence-corrected chi connectivity index (χ4v) is 14.8. The molecule has 4 heterocycles. The monoisotopic (exact) mass is 1350 g/mol. The van der Waals surface area contributed by atoms with Crippen LogP contribution in [0.3, 0.4) is 0 Å². The minimum Gasteiger partial charge on any atom is -0.480 e. The van der Waals surface area contributed by atoms with Gasteiger partial charge in [-0.2, -0.15) is 0 Å². The van der Waals surface area contributed by atoms with Gasteiger partial charge in [-0.1, -0.05) is 74.2 Å². The lowest BCUT2D eigenvalue weighted by atomic mass is 9.84. The largest absolute Gasteiger partial charge is 0.480 e. The highest BCUT2D eigenvalue weighted by Gasteiger charge is 2.54. The lowest BCUT2D eigenvalue weighted by molar-refractivity contribution is -0.154. The van der Waals surface area contributed by atoms with E-state index in [-0.39, 0.29) is 121 Å². The summed E-state index contributed by atoms with van der Waals surface area (Å²) in [4.78, 5) is 171. The molecule has 2 aromatic rings. The molecule has 32 heteroatoms. The minimum absolute atomic E-state index is 0.0258. The van der Waals surface area contributed by atoms with E-state index in [1.165, 1.54) is 19.6 Å². The summed E-state index contributed by atoms with van der Waals surface area (Å²) in [5.41, 5.74) is 36.4. The van der Waals surface area contributed by atoms with Crippen LogP contribution in [-0.4, -0.2) is 222 Å². The molecule has 2 saturated heterocycles. The van der Waals surface area contributed by atoms with E-state index >= 15 is 19.2 Å². The number of benzene rings is 2. The maximum Gasteiger partial charge on any atom is 0.326 e.